The quantitative estimate of drug-likeness (QED) is 0.537. The van der Waals surface area contributed by atoms with Gasteiger partial charge in [0, 0.05) is 25.0 Å². The smallest absolute Gasteiger partial charge is 0.122 e. The fourth-order valence-corrected chi connectivity index (χ4v) is 1.69. The predicted octanol–water partition coefficient (Wildman–Crippen LogP) is 2.37. The SMILES string of the molecule is C=C(CBr)CN1CCC(C)(F)C1. The molecule has 0 radical (unpaired) electrons. The van der Waals surface area contributed by atoms with Crippen molar-refractivity contribution in [3.8, 4) is 0 Å². The van der Waals surface area contributed by atoms with Crippen molar-refractivity contribution in [2.45, 2.75) is 19.0 Å². The molecule has 0 aliphatic carbocycles. The zero-order valence-electron chi connectivity index (χ0n) is 7.45. The van der Waals surface area contributed by atoms with Crippen molar-refractivity contribution in [2.24, 2.45) is 0 Å². The Morgan fingerprint density at radius 1 is 1.75 bits per heavy atom. The minimum absolute atomic E-state index is 0.555. The highest BCUT2D eigenvalue weighted by molar-refractivity contribution is 9.09. The van der Waals surface area contributed by atoms with E-state index in [1.165, 1.54) is 0 Å². The lowest BCUT2D eigenvalue weighted by Crippen LogP contribution is -2.27. The van der Waals surface area contributed by atoms with E-state index >= 15 is 0 Å². The molecule has 1 atom stereocenters. The molecule has 0 amide bonds. The molecule has 0 aromatic heterocycles. The first-order chi connectivity index (χ1) is 5.53. The molecule has 1 rings (SSSR count). The molecule has 1 aliphatic rings. The zero-order chi connectivity index (χ0) is 9.19. The lowest BCUT2D eigenvalue weighted by molar-refractivity contribution is 0.193. The van der Waals surface area contributed by atoms with Crippen molar-refractivity contribution in [3.05, 3.63) is 12.2 Å². The van der Waals surface area contributed by atoms with Gasteiger partial charge in [-0.25, -0.2) is 4.39 Å². The van der Waals surface area contributed by atoms with E-state index in [0.29, 0.717) is 13.0 Å². The third-order valence-corrected chi connectivity index (χ3v) is 2.93. The van der Waals surface area contributed by atoms with Crippen LogP contribution in [0.4, 0.5) is 4.39 Å². The molecular weight excluding hydrogens is 221 g/mol. The second-order valence-electron chi connectivity index (χ2n) is 3.76. The summed E-state index contributed by atoms with van der Waals surface area (Å²) in [4.78, 5) is 2.11. The molecule has 0 aromatic rings. The van der Waals surface area contributed by atoms with Gasteiger partial charge in [-0.15, -0.1) is 0 Å². The van der Waals surface area contributed by atoms with E-state index < -0.39 is 5.67 Å². The Morgan fingerprint density at radius 2 is 2.42 bits per heavy atom. The van der Waals surface area contributed by atoms with Gasteiger partial charge in [0.15, 0.2) is 0 Å². The second kappa shape index (κ2) is 3.88. The van der Waals surface area contributed by atoms with Crippen LogP contribution >= 0.6 is 15.9 Å². The fraction of sp³-hybridized carbons (Fsp3) is 0.778. The molecule has 1 unspecified atom stereocenters. The van der Waals surface area contributed by atoms with Gasteiger partial charge in [-0.2, -0.15) is 0 Å². The summed E-state index contributed by atoms with van der Waals surface area (Å²) in [7, 11) is 0. The van der Waals surface area contributed by atoms with E-state index in [-0.39, 0.29) is 0 Å². The summed E-state index contributed by atoms with van der Waals surface area (Å²) in [5.41, 5.74) is 0.139. The molecule has 0 saturated carbocycles. The Kier molecular flexibility index (Phi) is 3.29. The van der Waals surface area contributed by atoms with Crippen LogP contribution in [-0.4, -0.2) is 35.5 Å². The molecule has 70 valence electrons. The average Bonchev–Trinajstić information content (AvgIpc) is 2.30. The van der Waals surface area contributed by atoms with Crippen LogP contribution < -0.4 is 0 Å². The van der Waals surface area contributed by atoms with Gasteiger partial charge < -0.3 is 0 Å². The van der Waals surface area contributed by atoms with Crippen LogP contribution in [0.15, 0.2) is 12.2 Å². The number of alkyl halides is 2. The van der Waals surface area contributed by atoms with E-state index in [1.54, 1.807) is 6.92 Å². The number of nitrogens with zero attached hydrogens (tertiary/aromatic N) is 1. The van der Waals surface area contributed by atoms with E-state index in [2.05, 4.69) is 27.4 Å². The highest BCUT2D eigenvalue weighted by atomic mass is 79.9. The molecule has 0 aromatic carbocycles. The highest BCUT2D eigenvalue weighted by Gasteiger charge is 2.33. The molecule has 0 N–H and O–H groups in total. The van der Waals surface area contributed by atoms with Crippen LogP contribution in [0, 0.1) is 0 Å². The third-order valence-electron chi connectivity index (χ3n) is 2.14. The summed E-state index contributed by atoms with van der Waals surface area (Å²) in [5.74, 6) is 0. The van der Waals surface area contributed by atoms with Crippen molar-refractivity contribution >= 4 is 15.9 Å². The van der Waals surface area contributed by atoms with Crippen LogP contribution in [-0.2, 0) is 0 Å². The van der Waals surface area contributed by atoms with Gasteiger partial charge in [-0.05, 0) is 13.3 Å². The maximum Gasteiger partial charge on any atom is 0.122 e. The van der Waals surface area contributed by atoms with E-state index in [4.69, 9.17) is 0 Å². The standard InChI is InChI=1S/C9H15BrFN/c1-8(5-10)6-12-4-3-9(2,11)7-12/h1,3-7H2,2H3. The first-order valence-electron chi connectivity index (χ1n) is 4.17. The number of hydrogen-bond donors (Lipinski definition) is 0. The third kappa shape index (κ3) is 2.87. The second-order valence-corrected chi connectivity index (χ2v) is 4.32. The minimum Gasteiger partial charge on any atom is -0.296 e. The van der Waals surface area contributed by atoms with Crippen LogP contribution in [0.1, 0.15) is 13.3 Å². The fourth-order valence-electron chi connectivity index (χ4n) is 1.51. The van der Waals surface area contributed by atoms with Gasteiger partial charge in [0.05, 0.1) is 0 Å². The largest absolute Gasteiger partial charge is 0.296 e. The lowest BCUT2D eigenvalue weighted by Gasteiger charge is -2.17. The molecule has 1 saturated heterocycles. The zero-order valence-corrected chi connectivity index (χ0v) is 9.03. The Morgan fingerprint density at radius 3 is 2.83 bits per heavy atom. The molecule has 3 heteroatoms. The van der Waals surface area contributed by atoms with Crippen LogP contribution in [0.25, 0.3) is 0 Å². The van der Waals surface area contributed by atoms with Gasteiger partial charge in [0.25, 0.3) is 0 Å². The summed E-state index contributed by atoms with van der Waals surface area (Å²) in [5, 5.41) is 0.812. The highest BCUT2D eigenvalue weighted by Crippen LogP contribution is 2.24. The molecule has 1 aliphatic heterocycles. The molecule has 0 bridgehead atoms. The normalized spacial score (nSPS) is 30.9. The number of halogens is 2. The molecule has 1 heterocycles. The summed E-state index contributed by atoms with van der Waals surface area (Å²) in [6.45, 7) is 7.78. The first kappa shape index (κ1) is 10.2. The molecule has 1 nitrogen and oxygen atoms in total. The van der Waals surface area contributed by atoms with Crippen LogP contribution in [0.3, 0.4) is 0 Å². The van der Waals surface area contributed by atoms with Gasteiger partial charge in [-0.3, -0.25) is 4.90 Å². The van der Waals surface area contributed by atoms with Gasteiger partial charge >= 0.3 is 0 Å². The average molecular weight is 236 g/mol. The Hall–Kier alpha value is 0.110. The van der Waals surface area contributed by atoms with Gasteiger partial charge in [0.1, 0.15) is 5.67 Å². The van der Waals surface area contributed by atoms with E-state index in [1.807, 2.05) is 0 Å². The molecule has 1 fully saturated rings. The van der Waals surface area contributed by atoms with E-state index in [0.717, 1.165) is 24.0 Å². The number of hydrogen-bond acceptors (Lipinski definition) is 1. The van der Waals surface area contributed by atoms with Crippen molar-refractivity contribution in [1.29, 1.82) is 0 Å². The topological polar surface area (TPSA) is 3.24 Å². The van der Waals surface area contributed by atoms with Crippen molar-refractivity contribution < 1.29 is 4.39 Å². The maximum atomic E-state index is 13.3. The van der Waals surface area contributed by atoms with Gasteiger partial charge in [-0.1, -0.05) is 28.1 Å². The molecule has 12 heavy (non-hydrogen) atoms. The van der Waals surface area contributed by atoms with Crippen molar-refractivity contribution in [1.82, 2.24) is 4.90 Å². The van der Waals surface area contributed by atoms with Crippen molar-refractivity contribution in [2.75, 3.05) is 25.0 Å². The predicted molar refractivity (Wildman–Crippen MR) is 53.5 cm³/mol. The Labute approximate surface area is 81.8 Å². The Bertz CT molecular complexity index is 179. The Balaban J connectivity index is 2.33. The summed E-state index contributed by atoms with van der Waals surface area (Å²) >= 11 is 3.33. The van der Waals surface area contributed by atoms with Crippen molar-refractivity contribution in [3.63, 3.8) is 0 Å². The monoisotopic (exact) mass is 235 g/mol. The maximum absolute atomic E-state index is 13.3. The van der Waals surface area contributed by atoms with Gasteiger partial charge in [0.2, 0.25) is 0 Å². The minimum atomic E-state index is -0.980. The molecular formula is C9H15BrFN. The molecule has 0 spiro atoms. The lowest BCUT2D eigenvalue weighted by atomic mass is 10.1. The van der Waals surface area contributed by atoms with E-state index in [9.17, 15) is 4.39 Å². The van der Waals surface area contributed by atoms with Crippen LogP contribution in [0.2, 0.25) is 0 Å². The summed E-state index contributed by atoms with van der Waals surface area (Å²) in [6.07, 6.45) is 0.655. The number of rotatable bonds is 3. The first-order valence-corrected chi connectivity index (χ1v) is 5.29. The summed E-state index contributed by atoms with van der Waals surface area (Å²) < 4.78 is 13.3. The number of likely N-dealkylation sites (tertiary alicyclic amines) is 1. The summed E-state index contributed by atoms with van der Waals surface area (Å²) in [6, 6.07) is 0. The van der Waals surface area contributed by atoms with Crippen LogP contribution in [0.5, 0.6) is 0 Å².